The minimum atomic E-state index is -0.380. The molecule has 0 aliphatic carbocycles. The molecule has 0 radical (unpaired) electrons. The molecule has 0 fully saturated rings. The minimum absolute atomic E-state index is 0.357. The lowest BCUT2D eigenvalue weighted by atomic mass is 10.3. The van der Waals surface area contributed by atoms with Gasteiger partial charge in [-0.3, -0.25) is 0 Å². The van der Waals surface area contributed by atoms with Gasteiger partial charge in [0.05, 0.1) is 16.8 Å². The largest absolute Gasteiger partial charge is 0.461 e. The average molecular weight is 242 g/mol. The Morgan fingerprint density at radius 1 is 1.60 bits per heavy atom. The molecule has 15 heavy (non-hydrogen) atoms. The van der Waals surface area contributed by atoms with Crippen molar-refractivity contribution in [3.63, 3.8) is 0 Å². The van der Waals surface area contributed by atoms with Crippen molar-refractivity contribution in [1.29, 1.82) is 0 Å². The number of thiazole rings is 1. The Kier molecular flexibility index (Phi) is 2.88. The van der Waals surface area contributed by atoms with Crippen molar-refractivity contribution in [2.24, 2.45) is 0 Å². The average Bonchev–Trinajstić information content (AvgIpc) is 2.60. The Labute approximate surface area is 95.6 Å². The van der Waals surface area contributed by atoms with Crippen molar-refractivity contribution in [2.45, 2.75) is 6.92 Å². The zero-order valence-corrected chi connectivity index (χ0v) is 9.56. The standard InChI is InChI=1S/C10H8ClNO2S/c1-2-14-10(13)9-12-7-4-3-6(11)5-8(7)15-9/h3-5H,2H2,1H3. The Morgan fingerprint density at radius 2 is 2.40 bits per heavy atom. The van der Waals surface area contributed by atoms with Crippen LogP contribution in [-0.4, -0.2) is 17.6 Å². The first kappa shape index (κ1) is 10.4. The van der Waals surface area contributed by atoms with Gasteiger partial charge in [0, 0.05) is 5.02 Å². The number of aromatic nitrogens is 1. The topological polar surface area (TPSA) is 39.2 Å². The molecule has 2 rings (SSSR count). The third kappa shape index (κ3) is 2.11. The highest BCUT2D eigenvalue weighted by Gasteiger charge is 2.12. The van der Waals surface area contributed by atoms with Gasteiger partial charge in [-0.15, -0.1) is 11.3 Å². The van der Waals surface area contributed by atoms with E-state index in [-0.39, 0.29) is 5.97 Å². The number of benzene rings is 1. The summed E-state index contributed by atoms with van der Waals surface area (Å²) in [5.74, 6) is -0.380. The Balaban J connectivity index is 2.42. The van der Waals surface area contributed by atoms with E-state index >= 15 is 0 Å². The molecule has 0 unspecified atom stereocenters. The molecule has 5 heteroatoms. The van der Waals surface area contributed by atoms with Gasteiger partial charge in [-0.25, -0.2) is 9.78 Å². The maximum absolute atomic E-state index is 11.4. The summed E-state index contributed by atoms with van der Waals surface area (Å²) in [7, 11) is 0. The summed E-state index contributed by atoms with van der Waals surface area (Å²) in [5, 5.41) is 1.01. The van der Waals surface area contributed by atoms with Gasteiger partial charge in [-0.1, -0.05) is 11.6 Å². The van der Waals surface area contributed by atoms with Crippen molar-refractivity contribution in [2.75, 3.05) is 6.61 Å². The molecular formula is C10H8ClNO2S. The van der Waals surface area contributed by atoms with E-state index in [1.165, 1.54) is 11.3 Å². The molecule has 1 aromatic heterocycles. The number of fused-ring (bicyclic) bond motifs is 1. The van der Waals surface area contributed by atoms with Crippen LogP contribution in [0.4, 0.5) is 0 Å². The Hall–Kier alpha value is -1.13. The van der Waals surface area contributed by atoms with E-state index < -0.39 is 0 Å². The fourth-order valence-corrected chi connectivity index (χ4v) is 2.31. The normalized spacial score (nSPS) is 10.5. The Bertz CT molecular complexity index is 509. The number of halogens is 1. The van der Waals surface area contributed by atoms with Crippen molar-refractivity contribution in [3.8, 4) is 0 Å². The van der Waals surface area contributed by atoms with Gasteiger partial charge in [0.1, 0.15) is 0 Å². The number of hydrogen-bond donors (Lipinski definition) is 0. The molecule has 0 atom stereocenters. The monoisotopic (exact) mass is 241 g/mol. The molecule has 0 aliphatic rings. The summed E-state index contributed by atoms with van der Waals surface area (Å²) < 4.78 is 5.76. The van der Waals surface area contributed by atoms with E-state index in [4.69, 9.17) is 16.3 Å². The summed E-state index contributed by atoms with van der Waals surface area (Å²) in [6, 6.07) is 5.33. The highest BCUT2D eigenvalue weighted by Crippen LogP contribution is 2.25. The van der Waals surface area contributed by atoms with Crippen LogP contribution in [-0.2, 0) is 4.74 Å². The highest BCUT2D eigenvalue weighted by atomic mass is 35.5. The van der Waals surface area contributed by atoms with Crippen LogP contribution in [0.1, 0.15) is 16.7 Å². The highest BCUT2D eigenvalue weighted by molar-refractivity contribution is 7.20. The quantitative estimate of drug-likeness (QED) is 0.759. The lowest BCUT2D eigenvalue weighted by Crippen LogP contribution is -2.03. The van der Waals surface area contributed by atoms with Gasteiger partial charge in [0.25, 0.3) is 0 Å². The van der Waals surface area contributed by atoms with Crippen LogP contribution in [0.25, 0.3) is 10.2 Å². The van der Waals surface area contributed by atoms with Crippen LogP contribution in [0.5, 0.6) is 0 Å². The third-order valence-corrected chi connectivity index (χ3v) is 3.03. The van der Waals surface area contributed by atoms with E-state index in [1.54, 1.807) is 25.1 Å². The summed E-state index contributed by atoms with van der Waals surface area (Å²) in [5.41, 5.74) is 0.771. The number of ether oxygens (including phenoxy) is 1. The van der Waals surface area contributed by atoms with Crippen LogP contribution in [0, 0.1) is 0 Å². The van der Waals surface area contributed by atoms with E-state index in [0.29, 0.717) is 16.6 Å². The molecule has 0 spiro atoms. The summed E-state index contributed by atoms with van der Waals surface area (Å²) in [6.07, 6.45) is 0. The molecule has 0 saturated heterocycles. The second-order valence-electron chi connectivity index (χ2n) is 2.85. The summed E-state index contributed by atoms with van der Waals surface area (Å²) in [6.45, 7) is 2.12. The van der Waals surface area contributed by atoms with Gasteiger partial charge in [0.2, 0.25) is 5.01 Å². The van der Waals surface area contributed by atoms with Gasteiger partial charge in [-0.2, -0.15) is 0 Å². The van der Waals surface area contributed by atoms with Crippen LogP contribution in [0.3, 0.4) is 0 Å². The second kappa shape index (κ2) is 4.16. The van der Waals surface area contributed by atoms with Crippen LogP contribution < -0.4 is 0 Å². The maximum Gasteiger partial charge on any atom is 0.367 e. The predicted molar refractivity (Wildman–Crippen MR) is 60.6 cm³/mol. The molecular weight excluding hydrogens is 234 g/mol. The number of rotatable bonds is 2. The summed E-state index contributed by atoms with van der Waals surface area (Å²) in [4.78, 5) is 15.5. The number of carbonyl (C=O) groups excluding carboxylic acids is 1. The number of esters is 1. The van der Waals surface area contributed by atoms with Crippen LogP contribution in [0.2, 0.25) is 5.02 Å². The lowest BCUT2D eigenvalue weighted by Gasteiger charge is -1.94. The van der Waals surface area contributed by atoms with E-state index in [2.05, 4.69) is 4.98 Å². The number of hydrogen-bond acceptors (Lipinski definition) is 4. The Morgan fingerprint density at radius 3 is 3.13 bits per heavy atom. The van der Waals surface area contributed by atoms with Gasteiger partial charge >= 0.3 is 5.97 Å². The third-order valence-electron chi connectivity index (χ3n) is 1.80. The van der Waals surface area contributed by atoms with Gasteiger partial charge < -0.3 is 4.74 Å². The van der Waals surface area contributed by atoms with E-state index in [9.17, 15) is 4.79 Å². The zero-order valence-electron chi connectivity index (χ0n) is 7.99. The molecule has 78 valence electrons. The zero-order chi connectivity index (χ0) is 10.8. The fourth-order valence-electron chi connectivity index (χ4n) is 1.18. The van der Waals surface area contributed by atoms with Gasteiger partial charge in [0.15, 0.2) is 0 Å². The van der Waals surface area contributed by atoms with Crippen LogP contribution in [0.15, 0.2) is 18.2 Å². The van der Waals surface area contributed by atoms with Crippen LogP contribution >= 0.6 is 22.9 Å². The van der Waals surface area contributed by atoms with Crippen molar-refractivity contribution < 1.29 is 9.53 Å². The predicted octanol–water partition coefficient (Wildman–Crippen LogP) is 3.13. The minimum Gasteiger partial charge on any atom is -0.461 e. The van der Waals surface area contributed by atoms with E-state index in [0.717, 1.165) is 10.2 Å². The molecule has 1 aromatic carbocycles. The molecule has 0 N–H and O–H groups in total. The van der Waals surface area contributed by atoms with Crippen molar-refractivity contribution in [3.05, 3.63) is 28.2 Å². The maximum atomic E-state index is 11.4. The SMILES string of the molecule is CCOC(=O)c1nc2ccc(Cl)cc2s1. The molecule has 2 aromatic rings. The van der Waals surface area contributed by atoms with E-state index in [1.807, 2.05) is 0 Å². The first-order valence-electron chi connectivity index (χ1n) is 4.44. The molecule has 0 amide bonds. The smallest absolute Gasteiger partial charge is 0.367 e. The molecule has 3 nitrogen and oxygen atoms in total. The van der Waals surface area contributed by atoms with Gasteiger partial charge in [-0.05, 0) is 25.1 Å². The number of nitrogens with zero attached hydrogens (tertiary/aromatic N) is 1. The van der Waals surface area contributed by atoms with Crippen molar-refractivity contribution >= 4 is 39.1 Å². The second-order valence-corrected chi connectivity index (χ2v) is 4.32. The lowest BCUT2D eigenvalue weighted by molar-refractivity contribution is 0.0526. The first-order chi connectivity index (χ1) is 7.20. The molecule has 0 bridgehead atoms. The molecule has 1 heterocycles. The molecule has 0 aliphatic heterocycles. The number of carbonyl (C=O) groups is 1. The summed E-state index contributed by atoms with van der Waals surface area (Å²) >= 11 is 7.12. The van der Waals surface area contributed by atoms with Crippen molar-refractivity contribution in [1.82, 2.24) is 4.98 Å². The molecule has 0 saturated carbocycles. The first-order valence-corrected chi connectivity index (χ1v) is 5.63. The fraction of sp³-hybridized carbons (Fsp3) is 0.200.